The van der Waals surface area contributed by atoms with E-state index in [1.54, 1.807) is 0 Å². The van der Waals surface area contributed by atoms with Crippen LogP contribution in [-0.2, 0) is 5.60 Å². The molecular weight excluding hydrogens is 210 g/mol. The maximum atomic E-state index is 10.7. The molecule has 1 aliphatic rings. The van der Waals surface area contributed by atoms with E-state index in [9.17, 15) is 5.11 Å². The molecule has 1 saturated carbocycles. The van der Waals surface area contributed by atoms with Crippen LogP contribution in [0.3, 0.4) is 0 Å². The van der Waals surface area contributed by atoms with Crippen molar-refractivity contribution in [2.45, 2.75) is 44.1 Å². The molecule has 0 radical (unpaired) electrons. The van der Waals surface area contributed by atoms with Crippen molar-refractivity contribution in [1.29, 1.82) is 0 Å². The Morgan fingerprint density at radius 1 is 1.12 bits per heavy atom. The van der Waals surface area contributed by atoms with Crippen molar-refractivity contribution < 1.29 is 5.11 Å². The van der Waals surface area contributed by atoms with E-state index in [-0.39, 0.29) is 0 Å². The number of nitrogens with two attached hydrogens (primary N) is 1. The highest BCUT2D eigenvalue weighted by Gasteiger charge is 2.31. The van der Waals surface area contributed by atoms with Gasteiger partial charge in [0.1, 0.15) is 5.60 Å². The SMILES string of the molecule is NCC(O)(CC1CCCCC1)c1ccccc1. The van der Waals surface area contributed by atoms with Crippen LogP contribution in [0.4, 0.5) is 0 Å². The zero-order valence-electron chi connectivity index (χ0n) is 10.4. The van der Waals surface area contributed by atoms with Gasteiger partial charge in [-0.3, -0.25) is 0 Å². The van der Waals surface area contributed by atoms with Crippen LogP contribution in [0, 0.1) is 5.92 Å². The fourth-order valence-corrected chi connectivity index (χ4v) is 2.94. The lowest BCUT2D eigenvalue weighted by Gasteiger charge is -2.33. The maximum Gasteiger partial charge on any atom is 0.102 e. The molecule has 1 atom stereocenters. The predicted octanol–water partition coefficient (Wildman–Crippen LogP) is 2.80. The van der Waals surface area contributed by atoms with E-state index in [0.29, 0.717) is 12.5 Å². The van der Waals surface area contributed by atoms with Crippen molar-refractivity contribution in [3.8, 4) is 0 Å². The summed E-state index contributed by atoms with van der Waals surface area (Å²) in [6, 6.07) is 9.88. The minimum atomic E-state index is -0.830. The summed E-state index contributed by atoms with van der Waals surface area (Å²) < 4.78 is 0. The summed E-state index contributed by atoms with van der Waals surface area (Å²) in [5, 5.41) is 10.7. The van der Waals surface area contributed by atoms with Gasteiger partial charge in [-0.15, -0.1) is 0 Å². The Bertz CT molecular complexity index is 332. The molecule has 0 bridgehead atoms. The Kier molecular flexibility index (Phi) is 4.19. The Hall–Kier alpha value is -0.860. The van der Waals surface area contributed by atoms with Crippen molar-refractivity contribution >= 4 is 0 Å². The predicted molar refractivity (Wildman–Crippen MR) is 70.6 cm³/mol. The van der Waals surface area contributed by atoms with Crippen molar-refractivity contribution in [1.82, 2.24) is 0 Å². The zero-order chi connectivity index (χ0) is 12.1. The summed E-state index contributed by atoms with van der Waals surface area (Å²) in [5.74, 6) is 0.637. The Morgan fingerprint density at radius 2 is 1.76 bits per heavy atom. The summed E-state index contributed by atoms with van der Waals surface area (Å²) in [6.45, 7) is 0.313. The first-order chi connectivity index (χ1) is 8.24. The van der Waals surface area contributed by atoms with Gasteiger partial charge in [-0.2, -0.15) is 0 Å². The number of benzene rings is 1. The van der Waals surface area contributed by atoms with Crippen LogP contribution in [0.25, 0.3) is 0 Å². The minimum Gasteiger partial charge on any atom is -0.384 e. The second kappa shape index (κ2) is 5.65. The van der Waals surface area contributed by atoms with E-state index in [1.807, 2.05) is 30.3 Å². The number of hydrogen-bond donors (Lipinski definition) is 2. The Morgan fingerprint density at radius 3 is 2.35 bits per heavy atom. The smallest absolute Gasteiger partial charge is 0.102 e. The van der Waals surface area contributed by atoms with Crippen LogP contribution in [0.5, 0.6) is 0 Å². The van der Waals surface area contributed by atoms with E-state index in [1.165, 1.54) is 32.1 Å². The van der Waals surface area contributed by atoms with Gasteiger partial charge in [0.15, 0.2) is 0 Å². The number of rotatable bonds is 4. The molecule has 17 heavy (non-hydrogen) atoms. The third-order valence-corrected chi connectivity index (χ3v) is 4.00. The first kappa shape index (κ1) is 12.6. The molecule has 1 aromatic rings. The highest BCUT2D eigenvalue weighted by Crippen LogP contribution is 2.35. The van der Waals surface area contributed by atoms with Gasteiger partial charge in [0.2, 0.25) is 0 Å². The fourth-order valence-electron chi connectivity index (χ4n) is 2.94. The van der Waals surface area contributed by atoms with Gasteiger partial charge in [-0.05, 0) is 17.9 Å². The van der Waals surface area contributed by atoms with Crippen molar-refractivity contribution in [3.05, 3.63) is 35.9 Å². The molecule has 2 nitrogen and oxygen atoms in total. The van der Waals surface area contributed by atoms with E-state index in [4.69, 9.17) is 5.73 Å². The summed E-state index contributed by atoms with van der Waals surface area (Å²) in [6.07, 6.45) is 7.26. The topological polar surface area (TPSA) is 46.2 Å². The molecule has 0 aromatic heterocycles. The van der Waals surface area contributed by atoms with Crippen LogP contribution in [0.15, 0.2) is 30.3 Å². The van der Waals surface area contributed by atoms with Gasteiger partial charge in [0.25, 0.3) is 0 Å². The third-order valence-electron chi connectivity index (χ3n) is 4.00. The average Bonchev–Trinajstić information content (AvgIpc) is 2.41. The molecule has 2 rings (SSSR count). The molecule has 0 heterocycles. The summed E-state index contributed by atoms with van der Waals surface area (Å²) in [5.41, 5.74) is 5.94. The first-order valence-corrected chi connectivity index (χ1v) is 6.72. The molecule has 0 spiro atoms. The summed E-state index contributed by atoms with van der Waals surface area (Å²) in [7, 11) is 0. The van der Waals surface area contributed by atoms with Crippen LogP contribution >= 0.6 is 0 Å². The largest absolute Gasteiger partial charge is 0.384 e. The van der Waals surface area contributed by atoms with Crippen molar-refractivity contribution in [2.75, 3.05) is 6.54 Å². The second-order valence-electron chi connectivity index (χ2n) is 5.31. The van der Waals surface area contributed by atoms with Gasteiger partial charge in [0, 0.05) is 6.54 Å². The van der Waals surface area contributed by atoms with Gasteiger partial charge in [-0.1, -0.05) is 62.4 Å². The molecule has 0 saturated heterocycles. The molecule has 94 valence electrons. The summed E-state index contributed by atoms with van der Waals surface area (Å²) in [4.78, 5) is 0. The lowest BCUT2D eigenvalue weighted by atomic mass is 9.78. The van der Waals surface area contributed by atoms with E-state index < -0.39 is 5.60 Å². The second-order valence-corrected chi connectivity index (χ2v) is 5.31. The maximum absolute atomic E-state index is 10.7. The Balaban J connectivity index is 2.08. The fraction of sp³-hybridized carbons (Fsp3) is 0.600. The lowest BCUT2D eigenvalue weighted by Crippen LogP contribution is -2.37. The van der Waals surface area contributed by atoms with Gasteiger partial charge >= 0.3 is 0 Å². The average molecular weight is 233 g/mol. The standard InChI is InChI=1S/C15H23NO/c16-12-15(17,14-9-5-2-6-10-14)11-13-7-3-1-4-8-13/h2,5-6,9-10,13,17H,1,3-4,7-8,11-12,16H2. The van der Waals surface area contributed by atoms with E-state index in [0.717, 1.165) is 12.0 Å². The summed E-state index contributed by atoms with van der Waals surface area (Å²) >= 11 is 0. The Labute approximate surface area is 104 Å². The quantitative estimate of drug-likeness (QED) is 0.840. The molecule has 2 heteroatoms. The van der Waals surface area contributed by atoms with Gasteiger partial charge in [-0.25, -0.2) is 0 Å². The van der Waals surface area contributed by atoms with Crippen LogP contribution < -0.4 is 5.73 Å². The van der Waals surface area contributed by atoms with Crippen molar-refractivity contribution in [3.63, 3.8) is 0 Å². The van der Waals surface area contributed by atoms with Crippen LogP contribution in [0.2, 0.25) is 0 Å². The molecule has 3 N–H and O–H groups in total. The zero-order valence-corrected chi connectivity index (χ0v) is 10.4. The van der Waals surface area contributed by atoms with Gasteiger partial charge < -0.3 is 10.8 Å². The molecule has 0 aliphatic heterocycles. The monoisotopic (exact) mass is 233 g/mol. The highest BCUT2D eigenvalue weighted by molar-refractivity contribution is 5.22. The molecule has 1 aliphatic carbocycles. The van der Waals surface area contributed by atoms with Gasteiger partial charge in [0.05, 0.1) is 0 Å². The molecule has 0 amide bonds. The lowest BCUT2D eigenvalue weighted by molar-refractivity contribution is 0.0139. The van der Waals surface area contributed by atoms with Crippen LogP contribution in [0.1, 0.15) is 44.1 Å². The molecule has 1 aromatic carbocycles. The number of aliphatic hydroxyl groups is 1. The molecular formula is C15H23NO. The number of hydrogen-bond acceptors (Lipinski definition) is 2. The van der Waals surface area contributed by atoms with E-state index >= 15 is 0 Å². The van der Waals surface area contributed by atoms with E-state index in [2.05, 4.69) is 0 Å². The van der Waals surface area contributed by atoms with Crippen molar-refractivity contribution in [2.24, 2.45) is 11.7 Å². The van der Waals surface area contributed by atoms with Crippen LogP contribution in [-0.4, -0.2) is 11.7 Å². The minimum absolute atomic E-state index is 0.313. The molecule has 1 unspecified atom stereocenters. The normalized spacial score (nSPS) is 21.1. The third kappa shape index (κ3) is 3.08. The highest BCUT2D eigenvalue weighted by atomic mass is 16.3. The first-order valence-electron chi connectivity index (χ1n) is 6.72. The molecule has 1 fully saturated rings.